The number of hydrogen-bond donors (Lipinski definition) is 2. The van der Waals surface area contributed by atoms with Gasteiger partial charge in [-0.3, -0.25) is 0 Å². The average Bonchev–Trinajstić information content (AvgIpc) is 2.60. The van der Waals surface area contributed by atoms with Crippen LogP contribution in [0.1, 0.15) is 0 Å². The molecule has 0 atom stereocenters. The van der Waals surface area contributed by atoms with Crippen molar-refractivity contribution in [1.82, 2.24) is 0 Å². The summed E-state index contributed by atoms with van der Waals surface area (Å²) in [6, 6.07) is 7.40. The molecular formula is C9H9BO3S. The standard InChI is InChI=1S/C9H9BO3S/c1-13-7-4-2-3-6-5-8(10(11)12)14-9(6)7/h2-5,11-12H,1H3. The fourth-order valence-electron chi connectivity index (χ4n) is 1.34. The summed E-state index contributed by atoms with van der Waals surface area (Å²) in [6.07, 6.45) is 0. The molecule has 0 spiro atoms. The molecule has 0 aliphatic carbocycles. The Hall–Kier alpha value is -1.04. The van der Waals surface area contributed by atoms with Crippen molar-refractivity contribution in [1.29, 1.82) is 0 Å². The second kappa shape index (κ2) is 3.61. The number of methoxy groups -OCH3 is 1. The predicted molar refractivity (Wildman–Crippen MR) is 58.2 cm³/mol. The van der Waals surface area contributed by atoms with Gasteiger partial charge < -0.3 is 14.8 Å². The Kier molecular flexibility index (Phi) is 2.45. The van der Waals surface area contributed by atoms with Crippen molar-refractivity contribution in [3.05, 3.63) is 24.3 Å². The molecule has 2 N–H and O–H groups in total. The first-order valence-electron chi connectivity index (χ1n) is 4.15. The molecule has 0 aliphatic heterocycles. The SMILES string of the molecule is COc1cccc2cc(B(O)O)sc12. The Bertz CT molecular complexity index is 452. The minimum Gasteiger partial charge on any atom is -0.495 e. The third-order valence-corrected chi connectivity index (χ3v) is 3.21. The molecule has 1 aromatic carbocycles. The van der Waals surface area contributed by atoms with E-state index in [0.717, 1.165) is 15.8 Å². The monoisotopic (exact) mass is 208 g/mol. The zero-order valence-electron chi connectivity index (χ0n) is 7.60. The van der Waals surface area contributed by atoms with Gasteiger partial charge in [-0.15, -0.1) is 11.3 Å². The van der Waals surface area contributed by atoms with Gasteiger partial charge in [0, 0.05) is 4.78 Å². The van der Waals surface area contributed by atoms with Crippen LogP contribution in [0.2, 0.25) is 0 Å². The highest BCUT2D eigenvalue weighted by Gasteiger charge is 2.15. The molecule has 0 fully saturated rings. The van der Waals surface area contributed by atoms with Gasteiger partial charge in [0.05, 0.1) is 11.8 Å². The molecule has 0 radical (unpaired) electrons. The van der Waals surface area contributed by atoms with E-state index in [1.54, 1.807) is 13.2 Å². The largest absolute Gasteiger partial charge is 0.499 e. The lowest BCUT2D eigenvalue weighted by atomic mass is 9.89. The molecule has 0 saturated carbocycles. The minimum absolute atomic E-state index is 0.532. The molecule has 0 unspecified atom stereocenters. The third kappa shape index (κ3) is 1.50. The second-order valence-corrected chi connectivity index (χ2v) is 3.98. The summed E-state index contributed by atoms with van der Waals surface area (Å²) in [5, 5.41) is 19.0. The fraction of sp³-hybridized carbons (Fsp3) is 0.111. The van der Waals surface area contributed by atoms with E-state index in [9.17, 15) is 0 Å². The molecule has 0 saturated heterocycles. The Morgan fingerprint density at radius 2 is 2.14 bits per heavy atom. The van der Waals surface area contributed by atoms with E-state index in [0.29, 0.717) is 4.78 Å². The van der Waals surface area contributed by atoms with Gasteiger partial charge in [0.1, 0.15) is 5.75 Å². The van der Waals surface area contributed by atoms with Crippen LogP contribution in [0.5, 0.6) is 5.75 Å². The van der Waals surface area contributed by atoms with Crippen LogP contribution in [0, 0.1) is 0 Å². The van der Waals surface area contributed by atoms with Crippen molar-refractivity contribution < 1.29 is 14.8 Å². The number of thiophene rings is 1. The van der Waals surface area contributed by atoms with E-state index < -0.39 is 7.12 Å². The van der Waals surface area contributed by atoms with Crippen LogP contribution < -0.4 is 9.51 Å². The zero-order chi connectivity index (χ0) is 10.1. The molecule has 5 heteroatoms. The molecule has 0 aliphatic rings. The summed E-state index contributed by atoms with van der Waals surface area (Å²) in [5.74, 6) is 0.763. The highest BCUT2D eigenvalue weighted by Crippen LogP contribution is 2.28. The van der Waals surface area contributed by atoms with Crippen LogP contribution in [0.3, 0.4) is 0 Å². The van der Waals surface area contributed by atoms with Crippen molar-refractivity contribution in [3.63, 3.8) is 0 Å². The summed E-state index contributed by atoms with van der Waals surface area (Å²) >= 11 is 1.33. The van der Waals surface area contributed by atoms with Crippen molar-refractivity contribution in [2.45, 2.75) is 0 Å². The van der Waals surface area contributed by atoms with E-state index >= 15 is 0 Å². The number of fused-ring (bicyclic) bond motifs is 1. The highest BCUT2D eigenvalue weighted by molar-refractivity contribution is 7.28. The van der Waals surface area contributed by atoms with Gasteiger partial charge in [0.25, 0.3) is 0 Å². The molecule has 0 bridgehead atoms. The first-order chi connectivity index (χ1) is 6.72. The first-order valence-corrected chi connectivity index (χ1v) is 4.96. The van der Waals surface area contributed by atoms with Crippen molar-refractivity contribution >= 4 is 33.3 Å². The molecule has 2 aromatic rings. The van der Waals surface area contributed by atoms with E-state index in [4.69, 9.17) is 14.8 Å². The maximum absolute atomic E-state index is 9.01. The summed E-state index contributed by atoms with van der Waals surface area (Å²) in [6.45, 7) is 0. The number of hydrogen-bond acceptors (Lipinski definition) is 4. The summed E-state index contributed by atoms with van der Waals surface area (Å²) in [7, 11) is 0.195. The van der Waals surface area contributed by atoms with E-state index in [1.165, 1.54) is 11.3 Å². The van der Waals surface area contributed by atoms with Crippen LogP contribution >= 0.6 is 11.3 Å². The molecule has 14 heavy (non-hydrogen) atoms. The molecule has 1 aromatic heterocycles. The highest BCUT2D eigenvalue weighted by atomic mass is 32.1. The quantitative estimate of drug-likeness (QED) is 0.710. The van der Waals surface area contributed by atoms with Crippen LogP contribution in [-0.2, 0) is 0 Å². The Morgan fingerprint density at radius 1 is 1.36 bits per heavy atom. The molecule has 1 heterocycles. The normalized spacial score (nSPS) is 10.5. The maximum atomic E-state index is 9.01. The van der Waals surface area contributed by atoms with Crippen molar-refractivity contribution in [2.75, 3.05) is 7.11 Å². The second-order valence-electron chi connectivity index (χ2n) is 2.90. The maximum Gasteiger partial charge on any atom is 0.499 e. The average molecular weight is 208 g/mol. The lowest BCUT2D eigenvalue weighted by Crippen LogP contribution is -2.26. The Balaban J connectivity index is 2.64. The van der Waals surface area contributed by atoms with Gasteiger partial charge in [-0.2, -0.15) is 0 Å². The van der Waals surface area contributed by atoms with Gasteiger partial charge in [0.15, 0.2) is 0 Å². The zero-order valence-corrected chi connectivity index (χ0v) is 8.41. The fourth-order valence-corrected chi connectivity index (χ4v) is 2.37. The lowest BCUT2D eigenvalue weighted by Gasteiger charge is -1.99. The van der Waals surface area contributed by atoms with Crippen LogP contribution in [0.4, 0.5) is 0 Å². The van der Waals surface area contributed by atoms with Gasteiger partial charge >= 0.3 is 7.12 Å². The first kappa shape index (κ1) is 9.52. The van der Waals surface area contributed by atoms with Gasteiger partial charge in [-0.1, -0.05) is 12.1 Å². The number of ether oxygens (including phenoxy) is 1. The van der Waals surface area contributed by atoms with E-state index in [-0.39, 0.29) is 0 Å². The van der Waals surface area contributed by atoms with Crippen molar-refractivity contribution in [2.24, 2.45) is 0 Å². The van der Waals surface area contributed by atoms with Gasteiger partial charge in [0.2, 0.25) is 0 Å². The third-order valence-electron chi connectivity index (χ3n) is 2.00. The minimum atomic E-state index is -1.41. The summed E-state index contributed by atoms with van der Waals surface area (Å²) in [4.78, 5) is 0. The Morgan fingerprint density at radius 3 is 2.79 bits per heavy atom. The van der Waals surface area contributed by atoms with Gasteiger partial charge in [-0.25, -0.2) is 0 Å². The predicted octanol–water partition coefficient (Wildman–Crippen LogP) is 0.590. The van der Waals surface area contributed by atoms with E-state index in [1.807, 2.05) is 18.2 Å². The molecule has 0 amide bonds. The number of rotatable bonds is 2. The lowest BCUT2D eigenvalue weighted by molar-refractivity contribution is 0.420. The molecular weight excluding hydrogens is 199 g/mol. The van der Waals surface area contributed by atoms with Crippen molar-refractivity contribution in [3.8, 4) is 5.75 Å². The molecule has 3 nitrogen and oxygen atoms in total. The molecule has 2 rings (SSSR count). The Labute approximate surface area is 85.7 Å². The topological polar surface area (TPSA) is 49.7 Å². The summed E-state index contributed by atoms with van der Waals surface area (Å²) in [5.41, 5.74) is 0. The van der Waals surface area contributed by atoms with E-state index in [2.05, 4.69) is 0 Å². The smallest absolute Gasteiger partial charge is 0.495 e. The van der Waals surface area contributed by atoms with Crippen LogP contribution in [0.15, 0.2) is 24.3 Å². The van der Waals surface area contributed by atoms with Crippen LogP contribution in [-0.4, -0.2) is 24.3 Å². The van der Waals surface area contributed by atoms with Crippen LogP contribution in [0.25, 0.3) is 10.1 Å². The van der Waals surface area contributed by atoms with Gasteiger partial charge in [-0.05, 0) is 17.5 Å². The number of benzene rings is 1. The summed E-state index contributed by atoms with van der Waals surface area (Å²) < 4.78 is 6.64. The molecule has 72 valence electrons.